The van der Waals surface area contributed by atoms with E-state index in [1.54, 1.807) is 17.2 Å². The largest absolute Gasteiger partial charge is 0.445 e. The Morgan fingerprint density at radius 2 is 2.14 bits per heavy atom. The van der Waals surface area contributed by atoms with Crippen LogP contribution in [0.1, 0.15) is 35.0 Å². The van der Waals surface area contributed by atoms with Crippen molar-refractivity contribution in [1.82, 2.24) is 25.1 Å². The van der Waals surface area contributed by atoms with Crippen LogP contribution in [0.15, 0.2) is 45.9 Å². The van der Waals surface area contributed by atoms with Gasteiger partial charge in [0.05, 0.1) is 12.2 Å². The van der Waals surface area contributed by atoms with E-state index in [2.05, 4.69) is 20.2 Å². The van der Waals surface area contributed by atoms with Crippen molar-refractivity contribution >= 4 is 5.91 Å². The lowest BCUT2D eigenvalue weighted by Gasteiger charge is -2.25. The SMILES string of the molecule is O=C(CCc1ccc(=O)[nH]n1)N1CCc2oc(CCc3cccnc3)nc2C1. The minimum Gasteiger partial charge on any atom is -0.445 e. The second-order valence-electron chi connectivity index (χ2n) is 6.82. The van der Waals surface area contributed by atoms with Gasteiger partial charge in [0.1, 0.15) is 11.5 Å². The summed E-state index contributed by atoms with van der Waals surface area (Å²) >= 11 is 0. The number of rotatable bonds is 6. The zero-order valence-corrected chi connectivity index (χ0v) is 15.4. The van der Waals surface area contributed by atoms with Gasteiger partial charge in [-0.15, -0.1) is 0 Å². The molecule has 8 heteroatoms. The van der Waals surface area contributed by atoms with E-state index in [4.69, 9.17) is 4.42 Å². The van der Waals surface area contributed by atoms with Gasteiger partial charge in [0.15, 0.2) is 5.89 Å². The molecule has 28 heavy (non-hydrogen) atoms. The van der Waals surface area contributed by atoms with E-state index in [1.165, 1.54) is 6.07 Å². The molecular weight excluding hydrogens is 358 g/mol. The van der Waals surface area contributed by atoms with Gasteiger partial charge in [0.2, 0.25) is 5.91 Å². The normalized spacial score (nSPS) is 13.4. The first-order chi connectivity index (χ1) is 13.7. The third kappa shape index (κ3) is 4.33. The number of aromatic amines is 1. The van der Waals surface area contributed by atoms with Crippen molar-refractivity contribution in [1.29, 1.82) is 0 Å². The predicted octanol–water partition coefficient (Wildman–Crippen LogP) is 1.46. The number of H-pyrrole nitrogens is 1. The first-order valence-corrected chi connectivity index (χ1v) is 9.36. The maximum absolute atomic E-state index is 12.5. The summed E-state index contributed by atoms with van der Waals surface area (Å²) in [6.45, 7) is 1.10. The quantitative estimate of drug-likeness (QED) is 0.695. The third-order valence-corrected chi connectivity index (χ3v) is 4.81. The molecule has 0 fully saturated rings. The summed E-state index contributed by atoms with van der Waals surface area (Å²) in [4.78, 5) is 34.1. The van der Waals surface area contributed by atoms with E-state index in [0.29, 0.717) is 50.4 Å². The summed E-state index contributed by atoms with van der Waals surface area (Å²) in [5, 5.41) is 6.33. The van der Waals surface area contributed by atoms with Gasteiger partial charge >= 0.3 is 0 Å². The lowest BCUT2D eigenvalue weighted by molar-refractivity contribution is -0.132. The highest BCUT2D eigenvalue weighted by molar-refractivity contribution is 5.76. The molecule has 0 radical (unpaired) electrons. The van der Waals surface area contributed by atoms with E-state index in [9.17, 15) is 9.59 Å². The van der Waals surface area contributed by atoms with Crippen molar-refractivity contribution in [3.63, 3.8) is 0 Å². The molecule has 1 amide bonds. The number of pyridine rings is 1. The molecule has 8 nitrogen and oxygen atoms in total. The molecule has 0 bridgehead atoms. The second-order valence-corrected chi connectivity index (χ2v) is 6.82. The summed E-state index contributed by atoms with van der Waals surface area (Å²) in [7, 11) is 0. The van der Waals surface area contributed by atoms with Crippen molar-refractivity contribution in [2.24, 2.45) is 0 Å². The number of nitrogens with one attached hydrogen (secondary N) is 1. The highest BCUT2D eigenvalue weighted by Gasteiger charge is 2.25. The van der Waals surface area contributed by atoms with Gasteiger partial charge in [-0.05, 0) is 24.1 Å². The Balaban J connectivity index is 1.32. The summed E-state index contributed by atoms with van der Waals surface area (Å²) in [5.74, 6) is 1.65. The minimum atomic E-state index is -0.246. The molecular formula is C20H21N5O3. The topological polar surface area (TPSA) is 105 Å². The van der Waals surface area contributed by atoms with E-state index in [1.807, 2.05) is 18.3 Å². The number of aromatic nitrogens is 4. The summed E-state index contributed by atoms with van der Waals surface area (Å²) in [6.07, 6.45) is 6.66. The van der Waals surface area contributed by atoms with Gasteiger partial charge in [0, 0.05) is 50.7 Å². The maximum atomic E-state index is 12.5. The van der Waals surface area contributed by atoms with Crippen LogP contribution in [-0.2, 0) is 37.0 Å². The molecule has 0 aromatic carbocycles. The third-order valence-electron chi connectivity index (χ3n) is 4.81. The number of fused-ring (bicyclic) bond motifs is 1. The Kier molecular flexibility index (Phi) is 5.27. The van der Waals surface area contributed by atoms with Crippen molar-refractivity contribution in [2.45, 2.75) is 38.6 Å². The van der Waals surface area contributed by atoms with Crippen molar-refractivity contribution in [3.8, 4) is 0 Å². The number of nitrogens with zero attached hydrogens (tertiary/aromatic N) is 4. The van der Waals surface area contributed by atoms with Gasteiger partial charge < -0.3 is 9.32 Å². The number of aryl methyl sites for hydroxylation is 3. The van der Waals surface area contributed by atoms with E-state index >= 15 is 0 Å². The number of amides is 1. The van der Waals surface area contributed by atoms with Gasteiger partial charge in [-0.3, -0.25) is 14.6 Å². The van der Waals surface area contributed by atoms with Crippen LogP contribution in [0.2, 0.25) is 0 Å². The number of carbonyl (C=O) groups excluding carboxylic acids is 1. The molecule has 0 saturated heterocycles. The maximum Gasteiger partial charge on any atom is 0.264 e. The minimum absolute atomic E-state index is 0.0542. The Morgan fingerprint density at radius 3 is 2.93 bits per heavy atom. The molecule has 3 aromatic rings. The van der Waals surface area contributed by atoms with Gasteiger partial charge in [0.25, 0.3) is 5.56 Å². The van der Waals surface area contributed by atoms with Crippen LogP contribution in [0.5, 0.6) is 0 Å². The first kappa shape index (κ1) is 18.1. The van der Waals surface area contributed by atoms with E-state index in [0.717, 1.165) is 23.4 Å². The van der Waals surface area contributed by atoms with Crippen LogP contribution in [-0.4, -0.2) is 37.5 Å². The Morgan fingerprint density at radius 1 is 1.21 bits per heavy atom. The van der Waals surface area contributed by atoms with Gasteiger partial charge in [-0.2, -0.15) is 5.10 Å². The van der Waals surface area contributed by atoms with E-state index < -0.39 is 0 Å². The first-order valence-electron chi connectivity index (χ1n) is 9.36. The van der Waals surface area contributed by atoms with Crippen LogP contribution in [0, 0.1) is 0 Å². The Labute approximate surface area is 161 Å². The standard InChI is InChI=1S/C20H21N5O3/c26-18-6-4-15(23-24-18)5-8-20(27)25-11-9-17-16(13-25)22-19(28-17)7-3-14-2-1-10-21-12-14/h1-2,4,6,10,12H,3,5,7-9,11,13H2,(H,24,26). The molecule has 1 aliphatic rings. The number of hydrogen-bond acceptors (Lipinski definition) is 6. The highest BCUT2D eigenvalue weighted by atomic mass is 16.4. The molecule has 1 aliphatic heterocycles. The van der Waals surface area contributed by atoms with E-state index in [-0.39, 0.29) is 11.5 Å². The molecule has 0 aliphatic carbocycles. The Hall–Kier alpha value is -3.29. The van der Waals surface area contributed by atoms with Crippen molar-refractivity contribution < 1.29 is 9.21 Å². The molecule has 0 saturated carbocycles. The molecule has 3 aromatic heterocycles. The fraction of sp³-hybridized carbons (Fsp3) is 0.350. The summed E-state index contributed by atoms with van der Waals surface area (Å²) in [6, 6.07) is 7.02. The van der Waals surface area contributed by atoms with Crippen LogP contribution in [0.4, 0.5) is 0 Å². The van der Waals surface area contributed by atoms with Crippen LogP contribution in [0.3, 0.4) is 0 Å². The monoisotopic (exact) mass is 379 g/mol. The average molecular weight is 379 g/mol. The Bertz CT molecular complexity index is 992. The van der Waals surface area contributed by atoms with Crippen LogP contribution >= 0.6 is 0 Å². The van der Waals surface area contributed by atoms with Gasteiger partial charge in [-0.25, -0.2) is 10.1 Å². The highest BCUT2D eigenvalue weighted by Crippen LogP contribution is 2.21. The number of hydrogen-bond donors (Lipinski definition) is 1. The molecule has 0 spiro atoms. The van der Waals surface area contributed by atoms with Gasteiger partial charge in [-0.1, -0.05) is 6.07 Å². The summed E-state index contributed by atoms with van der Waals surface area (Å²) in [5.41, 5.74) is 2.45. The van der Waals surface area contributed by atoms with Crippen molar-refractivity contribution in [3.05, 3.63) is 75.6 Å². The molecule has 4 heterocycles. The van der Waals surface area contributed by atoms with Crippen LogP contribution < -0.4 is 5.56 Å². The number of carbonyl (C=O) groups is 1. The van der Waals surface area contributed by atoms with Crippen molar-refractivity contribution in [2.75, 3.05) is 6.54 Å². The zero-order valence-electron chi connectivity index (χ0n) is 15.4. The summed E-state index contributed by atoms with van der Waals surface area (Å²) < 4.78 is 5.88. The van der Waals surface area contributed by atoms with Crippen LogP contribution in [0.25, 0.3) is 0 Å². The number of oxazole rings is 1. The molecule has 0 unspecified atom stereocenters. The zero-order chi connectivity index (χ0) is 19.3. The predicted molar refractivity (Wildman–Crippen MR) is 100 cm³/mol. The molecule has 144 valence electrons. The fourth-order valence-electron chi connectivity index (χ4n) is 3.27. The molecule has 4 rings (SSSR count). The smallest absolute Gasteiger partial charge is 0.264 e. The fourth-order valence-corrected chi connectivity index (χ4v) is 3.27. The lowest BCUT2D eigenvalue weighted by atomic mass is 10.1. The lowest BCUT2D eigenvalue weighted by Crippen LogP contribution is -2.36. The second kappa shape index (κ2) is 8.16. The molecule has 1 N–H and O–H groups in total. The average Bonchev–Trinajstić information content (AvgIpc) is 3.14. The molecule has 0 atom stereocenters.